The summed E-state index contributed by atoms with van der Waals surface area (Å²) < 4.78 is 22.6. The number of carbonyl (C=O) groups is 1. The van der Waals surface area contributed by atoms with Crippen LogP contribution in [0.25, 0.3) is 0 Å². The van der Waals surface area contributed by atoms with E-state index in [0.717, 1.165) is 32.1 Å². The second-order valence-electron chi connectivity index (χ2n) is 13.0. The van der Waals surface area contributed by atoms with Crippen LogP contribution in [-0.4, -0.2) is 39.0 Å². The number of cyclic esters (lactones) is 1. The summed E-state index contributed by atoms with van der Waals surface area (Å²) in [5.41, 5.74) is 0.421. The van der Waals surface area contributed by atoms with Gasteiger partial charge in [-0.05, 0) is 78.2 Å². The van der Waals surface area contributed by atoms with Gasteiger partial charge in [0, 0.05) is 11.0 Å². The minimum atomic E-state index is -0.824. The highest BCUT2D eigenvalue weighted by Gasteiger charge is 2.69. The Morgan fingerprint density at radius 2 is 1.70 bits per heavy atom. The number of rotatable bonds is 5. The fraction of sp³-hybridized carbons (Fsp3) is 0.710. The molecule has 37 heavy (non-hydrogen) atoms. The van der Waals surface area contributed by atoms with Gasteiger partial charge in [-0.25, -0.2) is 0 Å². The van der Waals surface area contributed by atoms with Crippen molar-refractivity contribution >= 4 is 5.97 Å². The molecule has 1 spiro atoms. The van der Waals surface area contributed by atoms with Gasteiger partial charge in [0.15, 0.2) is 11.5 Å². The van der Waals surface area contributed by atoms with Crippen LogP contribution in [0.1, 0.15) is 77.9 Å². The van der Waals surface area contributed by atoms with E-state index >= 15 is 0 Å². The Bertz CT molecular complexity index is 1090. The molecule has 1 N–H and O–H groups in total. The van der Waals surface area contributed by atoms with E-state index in [-0.39, 0.29) is 28.1 Å². The third kappa shape index (κ3) is 3.57. The van der Waals surface area contributed by atoms with E-state index in [9.17, 15) is 9.90 Å². The van der Waals surface area contributed by atoms with E-state index in [4.69, 9.17) is 18.9 Å². The Morgan fingerprint density at radius 1 is 0.973 bits per heavy atom. The molecule has 0 bridgehead atoms. The topological polar surface area (TPSA) is 74.2 Å². The van der Waals surface area contributed by atoms with Gasteiger partial charge in [-0.1, -0.05) is 39.8 Å². The monoisotopic (exact) mass is 512 g/mol. The molecule has 5 rings (SSSR count). The molecule has 1 heterocycles. The van der Waals surface area contributed by atoms with Crippen molar-refractivity contribution in [2.75, 3.05) is 27.9 Å². The molecule has 1 unspecified atom stereocenters. The first kappa shape index (κ1) is 26.4. The number of allylic oxidation sites excluding steroid dienone is 2. The van der Waals surface area contributed by atoms with Crippen LogP contribution in [-0.2, 0) is 9.53 Å². The molecule has 1 aromatic rings. The molecule has 3 aliphatic carbocycles. The number of benzene rings is 1. The van der Waals surface area contributed by atoms with E-state index < -0.39 is 11.5 Å². The number of aliphatic hydroxyl groups is 1. The zero-order valence-electron chi connectivity index (χ0n) is 23.6. The molecule has 204 valence electrons. The molecule has 6 nitrogen and oxygen atoms in total. The summed E-state index contributed by atoms with van der Waals surface area (Å²) in [7, 11) is 4.75. The second-order valence-corrected chi connectivity index (χ2v) is 13.0. The van der Waals surface area contributed by atoms with E-state index in [0.29, 0.717) is 47.7 Å². The number of esters is 1. The first-order valence-corrected chi connectivity index (χ1v) is 13.8. The summed E-state index contributed by atoms with van der Waals surface area (Å²) >= 11 is 0. The van der Waals surface area contributed by atoms with Crippen molar-refractivity contribution in [1.29, 1.82) is 0 Å². The normalized spacial score (nSPS) is 38.9. The third-order valence-corrected chi connectivity index (χ3v) is 11.3. The van der Waals surface area contributed by atoms with E-state index in [1.165, 1.54) is 0 Å². The molecular weight excluding hydrogens is 468 g/mol. The second kappa shape index (κ2) is 8.93. The highest BCUT2D eigenvalue weighted by Crippen LogP contribution is 2.74. The van der Waals surface area contributed by atoms with Crippen LogP contribution < -0.4 is 14.2 Å². The van der Waals surface area contributed by atoms with Crippen LogP contribution in [0.2, 0.25) is 0 Å². The Morgan fingerprint density at radius 3 is 2.32 bits per heavy atom. The number of methoxy groups -OCH3 is 3. The van der Waals surface area contributed by atoms with Crippen LogP contribution in [0.4, 0.5) is 0 Å². The molecule has 6 heteroatoms. The zero-order valence-corrected chi connectivity index (χ0v) is 23.6. The molecule has 0 radical (unpaired) electrons. The van der Waals surface area contributed by atoms with Gasteiger partial charge in [0.05, 0.1) is 40.5 Å². The van der Waals surface area contributed by atoms with Gasteiger partial charge in [0.25, 0.3) is 0 Å². The Hall–Kier alpha value is -2.21. The molecule has 1 saturated heterocycles. The summed E-state index contributed by atoms with van der Waals surface area (Å²) in [6.45, 7) is 10.0. The van der Waals surface area contributed by atoms with Crippen LogP contribution in [0.15, 0.2) is 24.3 Å². The lowest BCUT2D eigenvalue weighted by Crippen LogP contribution is -2.63. The van der Waals surface area contributed by atoms with Gasteiger partial charge in [-0.15, -0.1) is 0 Å². The molecule has 7 atom stereocenters. The van der Waals surface area contributed by atoms with Gasteiger partial charge in [-0.2, -0.15) is 0 Å². The average molecular weight is 513 g/mol. The Kier molecular flexibility index (Phi) is 6.37. The quantitative estimate of drug-likeness (QED) is 0.379. The van der Waals surface area contributed by atoms with Gasteiger partial charge in [0.2, 0.25) is 5.75 Å². The first-order valence-electron chi connectivity index (χ1n) is 13.8. The third-order valence-electron chi connectivity index (χ3n) is 11.3. The van der Waals surface area contributed by atoms with Crippen molar-refractivity contribution in [2.45, 2.75) is 72.3 Å². The van der Waals surface area contributed by atoms with Crippen molar-refractivity contribution < 1.29 is 28.8 Å². The Balaban J connectivity index is 1.60. The molecule has 1 aliphatic heterocycles. The highest BCUT2D eigenvalue weighted by atomic mass is 16.5. The van der Waals surface area contributed by atoms with Crippen LogP contribution >= 0.6 is 0 Å². The minimum Gasteiger partial charge on any atom is -0.493 e. The first-order chi connectivity index (χ1) is 17.5. The number of hydrogen-bond acceptors (Lipinski definition) is 6. The van der Waals surface area contributed by atoms with Gasteiger partial charge in [-0.3, -0.25) is 4.79 Å². The molecule has 0 amide bonds. The van der Waals surface area contributed by atoms with Gasteiger partial charge < -0.3 is 24.1 Å². The Labute approximate surface area is 221 Å². The summed E-state index contributed by atoms with van der Waals surface area (Å²) in [6.07, 6.45) is 9.44. The average Bonchev–Trinajstić information content (AvgIpc) is 3.25. The number of hydrogen-bond donors (Lipinski definition) is 1. The lowest BCUT2D eigenvalue weighted by molar-refractivity contribution is -0.211. The molecule has 0 aromatic heterocycles. The smallest absolute Gasteiger partial charge is 0.306 e. The number of aliphatic hydroxyl groups excluding tert-OH is 1. The highest BCUT2D eigenvalue weighted by molar-refractivity contribution is 5.73. The van der Waals surface area contributed by atoms with E-state index in [1.54, 1.807) is 21.3 Å². The fourth-order valence-corrected chi connectivity index (χ4v) is 9.66. The molecule has 1 aromatic carbocycles. The predicted molar refractivity (Wildman–Crippen MR) is 142 cm³/mol. The van der Waals surface area contributed by atoms with Crippen LogP contribution in [0, 0.1) is 39.4 Å². The van der Waals surface area contributed by atoms with Crippen molar-refractivity contribution in [3.63, 3.8) is 0 Å². The molecular formula is C31H44O6. The predicted octanol–water partition coefficient (Wildman–Crippen LogP) is 6.11. The summed E-state index contributed by atoms with van der Waals surface area (Å²) in [5, 5.41) is 12.1. The summed E-state index contributed by atoms with van der Waals surface area (Å²) in [5.74, 6) is 2.28. The van der Waals surface area contributed by atoms with Gasteiger partial charge >= 0.3 is 5.97 Å². The SMILES string of the molecule is COc1ccc(C(O)[C@H]2CC[C@@H]3[C@@]4(C)CC=CC(C)(C)[C@@H]4CC[C@@]3(C)[C@@]23COC(=O)C3)c(OC)c1OC. The maximum absolute atomic E-state index is 12.8. The van der Waals surface area contributed by atoms with Crippen molar-refractivity contribution in [3.05, 3.63) is 29.8 Å². The molecule has 3 fully saturated rings. The van der Waals surface area contributed by atoms with Crippen molar-refractivity contribution in [2.24, 2.45) is 39.4 Å². The van der Waals surface area contributed by atoms with E-state index in [2.05, 4.69) is 39.8 Å². The van der Waals surface area contributed by atoms with E-state index in [1.807, 2.05) is 12.1 Å². The minimum absolute atomic E-state index is 0.126. The maximum Gasteiger partial charge on any atom is 0.306 e. The fourth-order valence-electron chi connectivity index (χ4n) is 9.66. The number of fused-ring (bicyclic) bond motifs is 4. The van der Waals surface area contributed by atoms with Crippen LogP contribution in [0.5, 0.6) is 17.2 Å². The maximum atomic E-state index is 12.8. The number of carbonyl (C=O) groups excluding carboxylic acids is 1. The van der Waals surface area contributed by atoms with Crippen molar-refractivity contribution in [1.82, 2.24) is 0 Å². The summed E-state index contributed by atoms with van der Waals surface area (Å²) in [6, 6.07) is 3.69. The lowest BCUT2D eigenvalue weighted by Gasteiger charge is -2.68. The zero-order chi connectivity index (χ0) is 26.8. The molecule has 4 aliphatic rings. The largest absolute Gasteiger partial charge is 0.493 e. The standard InChI is InChI=1S/C31H44O6/c1-28(2)14-8-15-29(3)22(28)13-16-30(4)23(29)12-10-20(31(30)17-24(32)37-18-31)25(33)19-9-11-21(34-5)27(36-7)26(19)35-6/h8-9,11,14,20,22-23,25,33H,10,12-13,15-18H2,1-7H3/t20-,22+,23-,25?,29+,30-,31+/m1/s1. The lowest BCUT2D eigenvalue weighted by atomic mass is 9.35. The van der Waals surface area contributed by atoms with Crippen molar-refractivity contribution in [3.8, 4) is 17.2 Å². The van der Waals surface area contributed by atoms with Gasteiger partial charge in [0.1, 0.15) is 0 Å². The molecule has 2 saturated carbocycles. The number of ether oxygens (including phenoxy) is 4. The van der Waals surface area contributed by atoms with Crippen LogP contribution in [0.3, 0.4) is 0 Å². The summed E-state index contributed by atoms with van der Waals surface area (Å²) in [4.78, 5) is 12.8.